The molecule has 0 radical (unpaired) electrons. The van der Waals surface area contributed by atoms with E-state index in [1.54, 1.807) is 0 Å². The highest BCUT2D eigenvalue weighted by Crippen LogP contribution is 2.26. The number of hydrogen-bond donors (Lipinski definition) is 1. The van der Waals surface area contributed by atoms with Gasteiger partial charge in [-0.05, 0) is 60.9 Å². The molecule has 2 aliphatic heterocycles. The third kappa shape index (κ3) is 4.62. The smallest absolute Gasteiger partial charge is 0.224 e. The Morgan fingerprint density at radius 1 is 1.00 bits per heavy atom. The molecule has 2 aliphatic rings. The largest absolute Gasteiger partial charge is 0.494 e. The van der Waals surface area contributed by atoms with Gasteiger partial charge in [0.2, 0.25) is 5.91 Å². The van der Waals surface area contributed by atoms with Gasteiger partial charge in [-0.3, -0.25) is 9.69 Å². The van der Waals surface area contributed by atoms with Crippen LogP contribution in [0.2, 0.25) is 0 Å². The fourth-order valence-electron chi connectivity index (χ4n) is 3.81. The van der Waals surface area contributed by atoms with Crippen LogP contribution >= 0.6 is 0 Å². The summed E-state index contributed by atoms with van der Waals surface area (Å²) in [6, 6.07) is 12.6. The van der Waals surface area contributed by atoms with Crippen LogP contribution in [0.1, 0.15) is 18.4 Å². The molecule has 148 valence electrons. The van der Waals surface area contributed by atoms with Gasteiger partial charge in [-0.25, -0.2) is 4.39 Å². The summed E-state index contributed by atoms with van der Waals surface area (Å²) < 4.78 is 19.0. The van der Waals surface area contributed by atoms with E-state index in [4.69, 9.17) is 4.74 Å². The lowest BCUT2D eigenvalue weighted by atomic mass is 10.0. The molecule has 1 saturated heterocycles. The van der Waals surface area contributed by atoms with Crippen molar-refractivity contribution >= 4 is 17.3 Å². The van der Waals surface area contributed by atoms with E-state index >= 15 is 0 Å². The molecule has 0 spiro atoms. The molecule has 2 heterocycles. The summed E-state index contributed by atoms with van der Waals surface area (Å²) in [5.74, 6) is 0.766. The number of rotatable bonds is 6. The first kappa shape index (κ1) is 18.7. The average Bonchev–Trinajstić information content (AvgIpc) is 2.72. The number of nitrogens with one attached hydrogen (secondary N) is 1. The predicted octanol–water partition coefficient (Wildman–Crippen LogP) is 3.30. The molecule has 1 fully saturated rings. The number of amides is 1. The maximum atomic E-state index is 13.1. The number of fused-ring (bicyclic) bond motifs is 1. The monoisotopic (exact) mass is 383 g/mol. The number of anilines is 2. The van der Waals surface area contributed by atoms with Crippen LogP contribution in [-0.4, -0.2) is 50.1 Å². The van der Waals surface area contributed by atoms with Crippen molar-refractivity contribution in [2.24, 2.45) is 0 Å². The first-order chi connectivity index (χ1) is 13.7. The van der Waals surface area contributed by atoms with E-state index in [1.807, 2.05) is 30.3 Å². The summed E-state index contributed by atoms with van der Waals surface area (Å²) in [6.45, 7) is 5.64. The maximum Gasteiger partial charge on any atom is 0.224 e. The summed E-state index contributed by atoms with van der Waals surface area (Å²) in [4.78, 5) is 16.2. The topological polar surface area (TPSA) is 44.8 Å². The highest BCUT2D eigenvalue weighted by Gasteiger charge is 2.17. The van der Waals surface area contributed by atoms with Crippen LogP contribution in [0.4, 0.5) is 15.8 Å². The van der Waals surface area contributed by atoms with E-state index in [0.717, 1.165) is 68.3 Å². The van der Waals surface area contributed by atoms with Gasteiger partial charge in [-0.15, -0.1) is 0 Å². The van der Waals surface area contributed by atoms with Gasteiger partial charge in [-0.2, -0.15) is 0 Å². The molecule has 0 unspecified atom stereocenters. The van der Waals surface area contributed by atoms with E-state index in [2.05, 4.69) is 15.1 Å². The number of ether oxygens (including phenoxy) is 1. The van der Waals surface area contributed by atoms with Crippen LogP contribution in [-0.2, 0) is 11.2 Å². The summed E-state index contributed by atoms with van der Waals surface area (Å²) >= 11 is 0. The lowest BCUT2D eigenvalue weighted by molar-refractivity contribution is -0.116. The molecule has 0 aliphatic carbocycles. The number of hydrogen-bond acceptors (Lipinski definition) is 4. The van der Waals surface area contributed by atoms with Crippen molar-refractivity contribution in [1.29, 1.82) is 0 Å². The Labute approximate surface area is 165 Å². The molecule has 5 nitrogen and oxygen atoms in total. The number of carbonyl (C=O) groups excluding carboxylic acids is 1. The lowest BCUT2D eigenvalue weighted by Crippen LogP contribution is -2.46. The fraction of sp³-hybridized carbons (Fsp3) is 0.409. The summed E-state index contributed by atoms with van der Waals surface area (Å²) in [6.07, 6.45) is 2.29. The lowest BCUT2D eigenvalue weighted by Gasteiger charge is -2.36. The predicted molar refractivity (Wildman–Crippen MR) is 109 cm³/mol. The van der Waals surface area contributed by atoms with Gasteiger partial charge >= 0.3 is 0 Å². The molecule has 0 saturated carbocycles. The van der Waals surface area contributed by atoms with Crippen molar-refractivity contribution in [2.45, 2.75) is 19.3 Å². The molecule has 1 amide bonds. The van der Waals surface area contributed by atoms with Gasteiger partial charge in [0.1, 0.15) is 11.6 Å². The van der Waals surface area contributed by atoms with Gasteiger partial charge in [0.25, 0.3) is 0 Å². The van der Waals surface area contributed by atoms with Gasteiger partial charge in [0, 0.05) is 50.5 Å². The third-order valence-electron chi connectivity index (χ3n) is 5.42. The Hall–Kier alpha value is -2.60. The first-order valence-corrected chi connectivity index (χ1v) is 9.96. The molecule has 2 aromatic carbocycles. The zero-order chi connectivity index (χ0) is 19.3. The fourth-order valence-corrected chi connectivity index (χ4v) is 3.81. The van der Waals surface area contributed by atoms with Crippen molar-refractivity contribution in [3.8, 4) is 5.75 Å². The molecular formula is C22H26FN3O2. The Morgan fingerprint density at radius 3 is 2.57 bits per heavy atom. The number of aryl methyl sites for hydroxylation is 1. The van der Waals surface area contributed by atoms with E-state index in [9.17, 15) is 9.18 Å². The van der Waals surface area contributed by atoms with E-state index in [-0.39, 0.29) is 11.7 Å². The summed E-state index contributed by atoms with van der Waals surface area (Å²) in [7, 11) is 0. The van der Waals surface area contributed by atoms with Crippen LogP contribution < -0.4 is 15.0 Å². The minimum absolute atomic E-state index is 0.0840. The SMILES string of the molecule is O=C1CCc2cc(OCCCN3CCN(c4ccc(F)cc4)CC3)ccc2N1. The van der Waals surface area contributed by atoms with Gasteiger partial charge in [0.05, 0.1) is 6.61 Å². The van der Waals surface area contributed by atoms with E-state index in [0.29, 0.717) is 13.0 Å². The second kappa shape index (κ2) is 8.61. The van der Waals surface area contributed by atoms with Gasteiger partial charge < -0.3 is 15.0 Å². The van der Waals surface area contributed by atoms with Crippen molar-refractivity contribution in [3.63, 3.8) is 0 Å². The molecule has 2 aromatic rings. The Balaban J connectivity index is 1.17. The molecule has 6 heteroatoms. The van der Waals surface area contributed by atoms with Gasteiger partial charge in [0.15, 0.2) is 0 Å². The minimum Gasteiger partial charge on any atom is -0.494 e. The van der Waals surface area contributed by atoms with Crippen LogP contribution in [0.15, 0.2) is 42.5 Å². The number of benzene rings is 2. The molecule has 28 heavy (non-hydrogen) atoms. The maximum absolute atomic E-state index is 13.1. The number of nitrogens with zero attached hydrogens (tertiary/aromatic N) is 2. The third-order valence-corrected chi connectivity index (χ3v) is 5.42. The van der Waals surface area contributed by atoms with E-state index in [1.165, 1.54) is 12.1 Å². The number of carbonyl (C=O) groups is 1. The van der Waals surface area contributed by atoms with Crippen molar-refractivity contribution < 1.29 is 13.9 Å². The Bertz CT molecular complexity index is 817. The second-order valence-electron chi connectivity index (χ2n) is 7.37. The molecule has 0 aromatic heterocycles. The Morgan fingerprint density at radius 2 is 1.79 bits per heavy atom. The van der Waals surface area contributed by atoms with Crippen LogP contribution in [0, 0.1) is 5.82 Å². The summed E-state index contributed by atoms with van der Waals surface area (Å²) in [5.41, 5.74) is 3.14. The zero-order valence-electron chi connectivity index (χ0n) is 16.0. The highest BCUT2D eigenvalue weighted by atomic mass is 19.1. The van der Waals surface area contributed by atoms with Crippen LogP contribution in [0.25, 0.3) is 0 Å². The van der Waals surface area contributed by atoms with Crippen molar-refractivity contribution in [3.05, 3.63) is 53.8 Å². The number of piperazine rings is 1. The number of halogens is 1. The molecule has 0 atom stereocenters. The summed E-state index contributed by atoms with van der Waals surface area (Å²) in [5, 5.41) is 2.89. The Kier molecular flexibility index (Phi) is 5.76. The molecule has 1 N–H and O–H groups in total. The van der Waals surface area contributed by atoms with E-state index < -0.39 is 0 Å². The molecular weight excluding hydrogens is 357 g/mol. The highest BCUT2D eigenvalue weighted by molar-refractivity contribution is 5.93. The standard InChI is InChI=1S/C22H26FN3O2/c23-18-3-5-19(6-4-18)26-13-11-25(12-14-26)10-1-15-28-20-7-8-21-17(16-20)2-9-22(27)24-21/h3-8,16H,1-2,9-15H2,(H,24,27). The first-order valence-electron chi connectivity index (χ1n) is 9.96. The normalized spacial score (nSPS) is 17.2. The average molecular weight is 383 g/mol. The quantitative estimate of drug-likeness (QED) is 0.778. The van der Waals surface area contributed by atoms with Crippen molar-refractivity contribution in [2.75, 3.05) is 49.5 Å². The van der Waals surface area contributed by atoms with Crippen molar-refractivity contribution in [1.82, 2.24) is 4.90 Å². The second-order valence-corrected chi connectivity index (χ2v) is 7.37. The van der Waals surface area contributed by atoms with Crippen LogP contribution in [0.5, 0.6) is 5.75 Å². The zero-order valence-corrected chi connectivity index (χ0v) is 16.0. The molecule has 0 bridgehead atoms. The van der Waals surface area contributed by atoms with Crippen LogP contribution in [0.3, 0.4) is 0 Å². The minimum atomic E-state index is -0.189. The van der Waals surface area contributed by atoms with Gasteiger partial charge in [-0.1, -0.05) is 0 Å². The molecule has 4 rings (SSSR count).